The first-order valence-electron chi connectivity index (χ1n) is 6.50. The molecular weight excluding hydrogens is 331 g/mol. The predicted molar refractivity (Wildman–Crippen MR) is 77.9 cm³/mol. The molecule has 0 aliphatic rings. The number of thiophene rings is 1. The Kier molecular flexibility index (Phi) is 5.38. The Morgan fingerprint density at radius 3 is 2.52 bits per heavy atom. The summed E-state index contributed by atoms with van der Waals surface area (Å²) in [6.45, 7) is -0.851. The average molecular weight is 343 g/mol. The lowest BCUT2D eigenvalue weighted by Crippen LogP contribution is -2.29. The van der Waals surface area contributed by atoms with Crippen molar-refractivity contribution in [2.45, 2.75) is 12.7 Å². The van der Waals surface area contributed by atoms with Crippen molar-refractivity contribution in [3.05, 3.63) is 57.8 Å². The molecule has 0 spiro atoms. The lowest BCUT2D eigenvalue weighted by atomic mass is 10.1. The van der Waals surface area contributed by atoms with E-state index < -0.39 is 30.2 Å². The van der Waals surface area contributed by atoms with Gasteiger partial charge in [0.25, 0.3) is 5.91 Å². The van der Waals surface area contributed by atoms with E-state index in [-0.39, 0.29) is 12.1 Å². The van der Waals surface area contributed by atoms with Crippen LogP contribution in [0.4, 0.5) is 13.2 Å². The molecule has 23 heavy (non-hydrogen) atoms. The lowest BCUT2D eigenvalue weighted by molar-refractivity contribution is -0.138. The summed E-state index contributed by atoms with van der Waals surface area (Å²) in [4.78, 5) is 23.5. The molecule has 1 amide bonds. The van der Waals surface area contributed by atoms with E-state index in [1.807, 2.05) is 0 Å². The summed E-state index contributed by atoms with van der Waals surface area (Å²) in [5, 5.41) is 3.98. The number of alkyl halides is 3. The first-order chi connectivity index (χ1) is 10.9. The number of carbonyl (C=O) groups is 2. The van der Waals surface area contributed by atoms with Crippen LogP contribution in [0.2, 0.25) is 0 Å². The van der Waals surface area contributed by atoms with E-state index in [9.17, 15) is 22.8 Å². The van der Waals surface area contributed by atoms with Crippen molar-refractivity contribution in [3.63, 3.8) is 0 Å². The van der Waals surface area contributed by atoms with Crippen molar-refractivity contribution >= 4 is 23.2 Å². The van der Waals surface area contributed by atoms with Gasteiger partial charge in [0.05, 0.1) is 5.56 Å². The van der Waals surface area contributed by atoms with Gasteiger partial charge in [-0.2, -0.15) is 13.2 Å². The van der Waals surface area contributed by atoms with Crippen LogP contribution in [-0.2, 0) is 22.3 Å². The topological polar surface area (TPSA) is 55.4 Å². The summed E-state index contributed by atoms with van der Waals surface area (Å²) >= 11 is 1.17. The zero-order valence-electron chi connectivity index (χ0n) is 11.7. The Morgan fingerprint density at radius 1 is 1.13 bits per heavy atom. The van der Waals surface area contributed by atoms with Gasteiger partial charge in [-0.15, -0.1) is 11.3 Å². The van der Waals surface area contributed by atoms with E-state index in [0.29, 0.717) is 4.88 Å². The molecule has 0 aliphatic heterocycles. The normalized spacial score (nSPS) is 11.1. The molecule has 4 nitrogen and oxygen atoms in total. The van der Waals surface area contributed by atoms with Crippen LogP contribution in [0.5, 0.6) is 0 Å². The molecule has 0 saturated carbocycles. The van der Waals surface area contributed by atoms with Gasteiger partial charge < -0.3 is 10.1 Å². The third-order valence-corrected chi connectivity index (χ3v) is 3.71. The molecule has 0 fully saturated rings. The van der Waals surface area contributed by atoms with Gasteiger partial charge in [0.1, 0.15) is 4.88 Å². The molecule has 0 saturated heterocycles. The molecule has 8 heteroatoms. The second kappa shape index (κ2) is 7.28. The van der Waals surface area contributed by atoms with Crippen LogP contribution in [0.1, 0.15) is 20.8 Å². The standard InChI is InChI=1S/C15H12F3NO3S/c16-15(17,18)11-5-2-1-4-10(11)8-19-13(20)9-22-14(21)12-6-3-7-23-12/h1-7H,8-9H2,(H,19,20). The van der Waals surface area contributed by atoms with E-state index in [4.69, 9.17) is 4.74 Å². The van der Waals surface area contributed by atoms with Crippen molar-refractivity contribution in [2.24, 2.45) is 0 Å². The van der Waals surface area contributed by atoms with E-state index in [1.165, 1.54) is 29.5 Å². The minimum absolute atomic E-state index is 0.0575. The van der Waals surface area contributed by atoms with Gasteiger partial charge in [-0.1, -0.05) is 24.3 Å². The number of halogens is 3. The number of hydrogen-bond acceptors (Lipinski definition) is 4. The largest absolute Gasteiger partial charge is 0.451 e. The minimum atomic E-state index is -4.49. The molecule has 1 heterocycles. The summed E-state index contributed by atoms with van der Waals surface area (Å²) in [5.41, 5.74) is -0.867. The molecule has 0 unspecified atom stereocenters. The van der Waals surface area contributed by atoms with E-state index in [1.54, 1.807) is 17.5 Å². The van der Waals surface area contributed by atoms with Crippen molar-refractivity contribution in [2.75, 3.05) is 6.61 Å². The quantitative estimate of drug-likeness (QED) is 0.848. The summed E-state index contributed by atoms with van der Waals surface area (Å²) in [6, 6.07) is 8.16. The highest BCUT2D eigenvalue weighted by Gasteiger charge is 2.32. The first-order valence-corrected chi connectivity index (χ1v) is 7.38. The number of rotatable bonds is 5. The fraction of sp³-hybridized carbons (Fsp3) is 0.200. The molecule has 0 bridgehead atoms. The lowest BCUT2D eigenvalue weighted by Gasteiger charge is -2.13. The number of esters is 1. The zero-order chi connectivity index (χ0) is 16.9. The second-order valence-electron chi connectivity index (χ2n) is 4.49. The summed E-state index contributed by atoms with van der Waals surface area (Å²) < 4.78 is 43.2. The molecular formula is C15H12F3NO3S. The van der Waals surface area contributed by atoms with Gasteiger partial charge in [-0.05, 0) is 23.1 Å². The van der Waals surface area contributed by atoms with E-state index in [0.717, 1.165) is 6.07 Å². The molecule has 2 aromatic rings. The highest BCUT2D eigenvalue weighted by atomic mass is 32.1. The van der Waals surface area contributed by atoms with Crippen LogP contribution < -0.4 is 5.32 Å². The SMILES string of the molecule is O=C(COC(=O)c1cccs1)NCc1ccccc1C(F)(F)F. The first kappa shape index (κ1) is 17.0. The summed E-state index contributed by atoms with van der Waals surface area (Å²) in [6.07, 6.45) is -4.49. The molecule has 1 N–H and O–H groups in total. The van der Waals surface area contributed by atoms with Gasteiger partial charge in [0.2, 0.25) is 0 Å². The molecule has 0 atom stereocenters. The fourth-order valence-corrected chi connectivity index (χ4v) is 2.41. The molecule has 1 aromatic heterocycles. The Morgan fingerprint density at radius 2 is 1.87 bits per heavy atom. The third-order valence-electron chi connectivity index (χ3n) is 2.86. The van der Waals surface area contributed by atoms with Gasteiger partial charge in [0.15, 0.2) is 6.61 Å². The maximum atomic E-state index is 12.8. The van der Waals surface area contributed by atoms with Crippen LogP contribution >= 0.6 is 11.3 Å². The maximum Gasteiger partial charge on any atom is 0.416 e. The molecule has 0 aliphatic carbocycles. The Labute approximate surface area is 133 Å². The van der Waals surface area contributed by atoms with E-state index >= 15 is 0 Å². The van der Waals surface area contributed by atoms with Crippen LogP contribution in [0.15, 0.2) is 41.8 Å². The van der Waals surface area contributed by atoms with Crippen molar-refractivity contribution in [1.29, 1.82) is 0 Å². The monoisotopic (exact) mass is 343 g/mol. The van der Waals surface area contributed by atoms with Crippen LogP contribution in [0.3, 0.4) is 0 Å². The maximum absolute atomic E-state index is 12.8. The number of benzene rings is 1. The average Bonchev–Trinajstić information content (AvgIpc) is 3.04. The molecule has 2 rings (SSSR count). The number of ether oxygens (including phenoxy) is 1. The van der Waals surface area contributed by atoms with Crippen LogP contribution in [0.25, 0.3) is 0 Å². The fourth-order valence-electron chi connectivity index (χ4n) is 1.79. The van der Waals surface area contributed by atoms with Crippen LogP contribution in [0, 0.1) is 0 Å². The van der Waals surface area contributed by atoms with Crippen molar-refractivity contribution in [1.82, 2.24) is 5.32 Å². The summed E-state index contributed by atoms with van der Waals surface area (Å²) in [7, 11) is 0. The number of amides is 1. The number of nitrogens with one attached hydrogen (secondary N) is 1. The third kappa shape index (κ3) is 4.82. The number of carbonyl (C=O) groups excluding carboxylic acids is 2. The number of hydrogen-bond donors (Lipinski definition) is 1. The van der Waals surface area contributed by atoms with Crippen molar-refractivity contribution in [3.8, 4) is 0 Å². The van der Waals surface area contributed by atoms with E-state index in [2.05, 4.69) is 5.32 Å². The summed E-state index contributed by atoms with van der Waals surface area (Å²) in [5.74, 6) is -1.32. The highest BCUT2D eigenvalue weighted by molar-refractivity contribution is 7.11. The Hall–Kier alpha value is -2.35. The molecule has 122 valence electrons. The smallest absolute Gasteiger partial charge is 0.416 e. The highest BCUT2D eigenvalue weighted by Crippen LogP contribution is 2.31. The molecule has 1 aromatic carbocycles. The van der Waals surface area contributed by atoms with Gasteiger partial charge in [0, 0.05) is 6.54 Å². The minimum Gasteiger partial charge on any atom is -0.451 e. The zero-order valence-corrected chi connectivity index (χ0v) is 12.5. The van der Waals surface area contributed by atoms with Gasteiger partial charge in [-0.3, -0.25) is 4.79 Å². The van der Waals surface area contributed by atoms with Crippen LogP contribution in [-0.4, -0.2) is 18.5 Å². The Balaban J connectivity index is 1.87. The van der Waals surface area contributed by atoms with Gasteiger partial charge >= 0.3 is 12.1 Å². The Bertz CT molecular complexity index is 684. The van der Waals surface area contributed by atoms with Crippen molar-refractivity contribution < 1.29 is 27.5 Å². The predicted octanol–water partition coefficient (Wildman–Crippen LogP) is 3.24. The molecule has 0 radical (unpaired) electrons. The van der Waals surface area contributed by atoms with Gasteiger partial charge in [-0.25, -0.2) is 4.79 Å². The second-order valence-corrected chi connectivity index (χ2v) is 5.43.